The number of rotatable bonds is 3. The molecule has 0 aliphatic carbocycles. The van der Waals surface area contributed by atoms with Crippen molar-refractivity contribution in [3.63, 3.8) is 0 Å². The minimum absolute atomic E-state index is 0.720. The van der Waals surface area contributed by atoms with Gasteiger partial charge in [0.1, 0.15) is 0 Å². The molecule has 20 heavy (non-hydrogen) atoms. The number of alkyl halides is 1. The fourth-order valence-electron chi connectivity index (χ4n) is 2.09. The van der Waals surface area contributed by atoms with E-state index in [1.807, 2.05) is 47.1 Å². The Morgan fingerprint density at radius 1 is 1.00 bits per heavy atom. The Morgan fingerprint density at radius 3 is 2.35 bits per heavy atom. The lowest BCUT2D eigenvalue weighted by atomic mass is 10.1. The van der Waals surface area contributed by atoms with Gasteiger partial charge in [0.25, 0.3) is 0 Å². The van der Waals surface area contributed by atoms with Crippen LogP contribution < -0.4 is 0 Å². The number of halogens is 2. The monoisotopic (exact) mass is 346 g/mol. The lowest BCUT2D eigenvalue weighted by Gasteiger charge is -2.00. The highest BCUT2D eigenvalue weighted by atomic mass is 79.9. The van der Waals surface area contributed by atoms with Crippen molar-refractivity contribution in [3.8, 4) is 16.8 Å². The van der Waals surface area contributed by atoms with Gasteiger partial charge >= 0.3 is 0 Å². The van der Waals surface area contributed by atoms with E-state index in [0.29, 0.717) is 0 Å². The summed E-state index contributed by atoms with van der Waals surface area (Å²) >= 11 is 9.43. The van der Waals surface area contributed by atoms with Crippen molar-refractivity contribution in [2.75, 3.05) is 0 Å². The maximum atomic E-state index is 5.92. The Hall–Kier alpha value is -1.58. The van der Waals surface area contributed by atoms with Crippen LogP contribution in [0.25, 0.3) is 16.8 Å². The normalized spacial score (nSPS) is 10.7. The summed E-state index contributed by atoms with van der Waals surface area (Å²) in [5.41, 5.74) is 4.32. The molecule has 3 rings (SSSR count). The maximum absolute atomic E-state index is 5.92. The zero-order valence-corrected chi connectivity index (χ0v) is 13.0. The van der Waals surface area contributed by atoms with E-state index in [1.165, 1.54) is 5.56 Å². The van der Waals surface area contributed by atoms with E-state index >= 15 is 0 Å². The Balaban J connectivity index is 2.07. The molecule has 3 aromatic rings. The molecule has 0 radical (unpaired) electrons. The molecule has 0 bridgehead atoms. The van der Waals surface area contributed by atoms with Gasteiger partial charge in [-0.25, -0.2) is 4.68 Å². The molecule has 0 spiro atoms. The second-order valence-corrected chi connectivity index (χ2v) is 5.41. The fourth-order valence-corrected chi connectivity index (χ4v) is 2.63. The number of nitrogens with zero attached hydrogens (tertiary/aromatic N) is 2. The van der Waals surface area contributed by atoms with Gasteiger partial charge in [-0.15, -0.1) is 0 Å². The highest BCUT2D eigenvalue weighted by Gasteiger charge is 2.10. The van der Waals surface area contributed by atoms with E-state index in [9.17, 15) is 0 Å². The van der Waals surface area contributed by atoms with E-state index in [0.717, 1.165) is 27.3 Å². The number of hydrogen-bond acceptors (Lipinski definition) is 1. The summed E-state index contributed by atoms with van der Waals surface area (Å²) in [7, 11) is 0. The van der Waals surface area contributed by atoms with Crippen molar-refractivity contribution >= 4 is 27.5 Å². The van der Waals surface area contributed by atoms with E-state index in [1.54, 1.807) is 0 Å². The van der Waals surface area contributed by atoms with Gasteiger partial charge in [-0.3, -0.25) is 0 Å². The summed E-state index contributed by atoms with van der Waals surface area (Å²) < 4.78 is 1.88. The van der Waals surface area contributed by atoms with Crippen LogP contribution in [0.1, 0.15) is 5.69 Å². The highest BCUT2D eigenvalue weighted by Crippen LogP contribution is 2.26. The van der Waals surface area contributed by atoms with Crippen molar-refractivity contribution in [1.29, 1.82) is 0 Å². The zero-order chi connectivity index (χ0) is 13.9. The summed E-state index contributed by atoms with van der Waals surface area (Å²) in [6, 6.07) is 17.9. The third-order valence-corrected chi connectivity index (χ3v) is 3.88. The van der Waals surface area contributed by atoms with Gasteiger partial charge in [0.2, 0.25) is 0 Å². The second kappa shape index (κ2) is 5.81. The fraction of sp³-hybridized carbons (Fsp3) is 0.0625. The minimum Gasteiger partial charge on any atom is -0.240 e. The van der Waals surface area contributed by atoms with Crippen LogP contribution in [0.3, 0.4) is 0 Å². The van der Waals surface area contributed by atoms with Crippen LogP contribution in [0.15, 0.2) is 60.8 Å². The van der Waals surface area contributed by atoms with Crippen molar-refractivity contribution in [3.05, 3.63) is 71.5 Å². The Bertz CT molecular complexity index is 705. The molecule has 1 heterocycles. The largest absolute Gasteiger partial charge is 0.240 e. The predicted molar refractivity (Wildman–Crippen MR) is 86.6 cm³/mol. The van der Waals surface area contributed by atoms with Gasteiger partial charge in [-0.2, -0.15) is 5.10 Å². The lowest BCUT2D eigenvalue weighted by Crippen LogP contribution is -1.94. The topological polar surface area (TPSA) is 17.8 Å². The summed E-state index contributed by atoms with van der Waals surface area (Å²) in [6.07, 6.45) is 2.05. The van der Waals surface area contributed by atoms with E-state index < -0.39 is 0 Å². The third-order valence-electron chi connectivity index (χ3n) is 3.09. The van der Waals surface area contributed by atoms with Crippen LogP contribution in [0.5, 0.6) is 0 Å². The van der Waals surface area contributed by atoms with Crippen LogP contribution in [0, 0.1) is 0 Å². The highest BCUT2D eigenvalue weighted by molar-refractivity contribution is 9.08. The lowest BCUT2D eigenvalue weighted by molar-refractivity contribution is 0.860. The van der Waals surface area contributed by atoms with Crippen LogP contribution in [-0.2, 0) is 5.33 Å². The SMILES string of the molecule is Clc1ccc(-n2cc(-c3ccccc3)c(CBr)n2)cc1. The molecule has 4 heteroatoms. The quantitative estimate of drug-likeness (QED) is 0.604. The first-order chi connectivity index (χ1) is 9.78. The average Bonchev–Trinajstić information content (AvgIpc) is 2.93. The van der Waals surface area contributed by atoms with Gasteiger partial charge < -0.3 is 0 Å². The summed E-state index contributed by atoms with van der Waals surface area (Å²) in [5, 5.41) is 6.08. The third kappa shape index (κ3) is 2.65. The summed E-state index contributed by atoms with van der Waals surface area (Å²) in [4.78, 5) is 0. The van der Waals surface area contributed by atoms with Gasteiger partial charge in [-0.05, 0) is 29.8 Å². The van der Waals surface area contributed by atoms with Crippen LogP contribution >= 0.6 is 27.5 Å². The molecule has 1 aromatic heterocycles. The summed E-state index contributed by atoms with van der Waals surface area (Å²) in [5.74, 6) is 0. The summed E-state index contributed by atoms with van der Waals surface area (Å²) in [6.45, 7) is 0. The first-order valence-corrected chi connectivity index (χ1v) is 7.74. The van der Waals surface area contributed by atoms with E-state index in [-0.39, 0.29) is 0 Å². The molecule has 2 nitrogen and oxygen atoms in total. The standard InChI is InChI=1S/C16H12BrClN2/c17-10-16-15(12-4-2-1-3-5-12)11-20(19-16)14-8-6-13(18)7-9-14/h1-9,11H,10H2. The van der Waals surface area contributed by atoms with Crippen molar-refractivity contribution in [2.45, 2.75) is 5.33 Å². The molecule has 0 aliphatic rings. The Kier molecular flexibility index (Phi) is 3.90. The van der Waals surface area contributed by atoms with Crippen LogP contribution in [-0.4, -0.2) is 9.78 Å². The van der Waals surface area contributed by atoms with E-state index in [4.69, 9.17) is 11.6 Å². The molecular weight excluding hydrogens is 336 g/mol. The molecule has 0 atom stereocenters. The zero-order valence-electron chi connectivity index (χ0n) is 10.6. The van der Waals surface area contributed by atoms with Gasteiger partial charge in [0.15, 0.2) is 0 Å². The van der Waals surface area contributed by atoms with Crippen LogP contribution in [0.4, 0.5) is 0 Å². The molecule has 0 fully saturated rings. The van der Waals surface area contributed by atoms with E-state index in [2.05, 4.69) is 39.4 Å². The van der Waals surface area contributed by atoms with Gasteiger partial charge in [0, 0.05) is 22.1 Å². The molecule has 0 N–H and O–H groups in total. The van der Waals surface area contributed by atoms with Gasteiger partial charge in [-0.1, -0.05) is 57.9 Å². The minimum atomic E-state index is 0.720. The molecule has 100 valence electrons. The van der Waals surface area contributed by atoms with Crippen LogP contribution in [0.2, 0.25) is 5.02 Å². The smallest absolute Gasteiger partial charge is 0.0812 e. The van der Waals surface area contributed by atoms with Crippen molar-refractivity contribution < 1.29 is 0 Å². The van der Waals surface area contributed by atoms with Crippen molar-refractivity contribution in [2.24, 2.45) is 0 Å². The second-order valence-electron chi connectivity index (χ2n) is 4.41. The molecule has 0 saturated carbocycles. The number of benzene rings is 2. The molecular formula is C16H12BrClN2. The first-order valence-electron chi connectivity index (χ1n) is 6.24. The maximum Gasteiger partial charge on any atom is 0.0812 e. The van der Waals surface area contributed by atoms with Gasteiger partial charge in [0.05, 0.1) is 11.4 Å². The first kappa shape index (κ1) is 13.4. The predicted octanol–water partition coefficient (Wildman–Crippen LogP) is 5.09. The molecule has 0 saturated heterocycles. The Labute approximate surface area is 131 Å². The average molecular weight is 348 g/mol. The number of hydrogen-bond donors (Lipinski definition) is 0. The number of aromatic nitrogens is 2. The molecule has 2 aromatic carbocycles. The van der Waals surface area contributed by atoms with Crippen molar-refractivity contribution in [1.82, 2.24) is 9.78 Å². The molecule has 0 unspecified atom stereocenters. The Morgan fingerprint density at radius 2 is 1.70 bits per heavy atom. The molecule has 0 aliphatic heterocycles. The molecule has 0 amide bonds.